The zero-order valence-electron chi connectivity index (χ0n) is 14.3. The Morgan fingerprint density at radius 1 is 1.23 bits per heavy atom. The largest absolute Gasteiger partial charge is 0.503 e. The molecule has 1 aliphatic heterocycles. The lowest BCUT2D eigenvalue weighted by atomic mass is 10.1. The summed E-state index contributed by atoms with van der Waals surface area (Å²) in [6, 6.07) is 8.32. The van der Waals surface area contributed by atoms with E-state index in [4.69, 9.17) is 25.8 Å². The molecular formula is C20H19ClO5. The molecular weight excluding hydrogens is 356 g/mol. The van der Waals surface area contributed by atoms with Gasteiger partial charge in [-0.25, -0.2) is 0 Å². The van der Waals surface area contributed by atoms with E-state index in [1.807, 2.05) is 6.92 Å². The number of ketones is 1. The van der Waals surface area contributed by atoms with Crippen LogP contribution in [0.2, 0.25) is 5.02 Å². The van der Waals surface area contributed by atoms with Crippen molar-refractivity contribution >= 4 is 23.5 Å². The van der Waals surface area contributed by atoms with Crippen LogP contribution < -0.4 is 14.2 Å². The van der Waals surface area contributed by atoms with Gasteiger partial charge in [0.05, 0.1) is 24.8 Å². The van der Waals surface area contributed by atoms with E-state index in [1.165, 1.54) is 6.08 Å². The van der Waals surface area contributed by atoms with Crippen LogP contribution in [0.3, 0.4) is 0 Å². The maximum Gasteiger partial charge on any atom is 0.185 e. The molecule has 2 aromatic carbocycles. The second kappa shape index (κ2) is 8.15. The summed E-state index contributed by atoms with van der Waals surface area (Å²) < 4.78 is 16.5. The zero-order valence-corrected chi connectivity index (χ0v) is 15.1. The Morgan fingerprint density at radius 3 is 2.77 bits per heavy atom. The topological polar surface area (TPSA) is 65.0 Å². The van der Waals surface area contributed by atoms with Crippen LogP contribution in [0.4, 0.5) is 0 Å². The molecule has 1 aliphatic rings. The molecule has 0 saturated heterocycles. The van der Waals surface area contributed by atoms with Gasteiger partial charge in [-0.3, -0.25) is 4.79 Å². The molecule has 136 valence electrons. The molecule has 0 bridgehead atoms. The number of ether oxygens (including phenoxy) is 3. The molecule has 0 spiro atoms. The molecule has 0 aliphatic carbocycles. The summed E-state index contributed by atoms with van der Waals surface area (Å²) in [5, 5.41) is 10.0. The molecule has 0 unspecified atom stereocenters. The standard InChI is InChI=1S/C20H19ClO5/c1-2-24-19-11-13(10-15(21)20(19)23)4-6-16(22)14-5-7-17-18(12-14)26-9-3-8-25-17/h4-7,10-12,23H,2-3,8-9H2,1H3/b6-4+. The highest BCUT2D eigenvalue weighted by atomic mass is 35.5. The van der Waals surface area contributed by atoms with Crippen molar-refractivity contribution in [2.75, 3.05) is 19.8 Å². The molecule has 0 atom stereocenters. The van der Waals surface area contributed by atoms with Gasteiger partial charge in [0.25, 0.3) is 0 Å². The minimum atomic E-state index is -0.178. The zero-order chi connectivity index (χ0) is 18.5. The summed E-state index contributed by atoms with van der Waals surface area (Å²) in [5.74, 6) is 1.22. The SMILES string of the molecule is CCOc1cc(/C=C/C(=O)c2ccc3c(c2)OCCCO3)cc(Cl)c1O. The molecule has 26 heavy (non-hydrogen) atoms. The summed E-state index contributed by atoms with van der Waals surface area (Å²) >= 11 is 6.00. The van der Waals surface area contributed by atoms with Crippen molar-refractivity contribution in [3.05, 3.63) is 52.6 Å². The normalized spacial score (nSPS) is 13.5. The average Bonchev–Trinajstić information content (AvgIpc) is 2.88. The van der Waals surface area contributed by atoms with Gasteiger partial charge in [-0.1, -0.05) is 17.7 Å². The van der Waals surface area contributed by atoms with Crippen LogP contribution in [-0.2, 0) is 0 Å². The summed E-state index contributed by atoms with van der Waals surface area (Å²) in [6.45, 7) is 3.37. The minimum Gasteiger partial charge on any atom is -0.503 e. The molecule has 6 heteroatoms. The quantitative estimate of drug-likeness (QED) is 0.616. The Balaban J connectivity index is 1.80. The number of halogens is 1. The predicted molar refractivity (Wildman–Crippen MR) is 99.7 cm³/mol. The fourth-order valence-electron chi connectivity index (χ4n) is 2.54. The van der Waals surface area contributed by atoms with Crippen molar-refractivity contribution in [2.24, 2.45) is 0 Å². The number of hydrogen-bond acceptors (Lipinski definition) is 5. The fourth-order valence-corrected chi connectivity index (χ4v) is 2.76. The summed E-state index contributed by atoms with van der Waals surface area (Å²) in [5.41, 5.74) is 1.15. The van der Waals surface area contributed by atoms with Gasteiger partial charge in [-0.05, 0) is 48.9 Å². The van der Waals surface area contributed by atoms with E-state index < -0.39 is 0 Å². The van der Waals surface area contributed by atoms with Gasteiger partial charge in [0, 0.05) is 12.0 Å². The van der Waals surface area contributed by atoms with Crippen molar-refractivity contribution in [1.29, 1.82) is 0 Å². The van der Waals surface area contributed by atoms with E-state index in [0.29, 0.717) is 42.4 Å². The highest BCUT2D eigenvalue weighted by Crippen LogP contribution is 2.35. The molecule has 5 nitrogen and oxygen atoms in total. The molecule has 1 N–H and O–H groups in total. The molecule has 0 aromatic heterocycles. The summed E-state index contributed by atoms with van der Waals surface area (Å²) in [7, 11) is 0. The number of benzene rings is 2. The number of carbonyl (C=O) groups excluding carboxylic acids is 1. The van der Waals surface area contributed by atoms with E-state index in [1.54, 1.807) is 36.4 Å². The Bertz CT molecular complexity index is 844. The van der Waals surface area contributed by atoms with Gasteiger partial charge < -0.3 is 19.3 Å². The molecule has 0 saturated carbocycles. The molecule has 0 fully saturated rings. The van der Waals surface area contributed by atoms with Crippen LogP contribution >= 0.6 is 11.6 Å². The number of allylic oxidation sites excluding steroid dienone is 1. The third kappa shape index (κ3) is 4.11. The summed E-state index contributed by atoms with van der Waals surface area (Å²) in [6.07, 6.45) is 3.87. The van der Waals surface area contributed by atoms with E-state index in [0.717, 1.165) is 6.42 Å². The first-order valence-corrected chi connectivity index (χ1v) is 8.73. The van der Waals surface area contributed by atoms with Gasteiger partial charge in [0.2, 0.25) is 0 Å². The number of aromatic hydroxyl groups is 1. The monoisotopic (exact) mass is 374 g/mol. The number of carbonyl (C=O) groups is 1. The van der Waals surface area contributed by atoms with Crippen LogP contribution in [0.25, 0.3) is 6.08 Å². The van der Waals surface area contributed by atoms with Crippen LogP contribution in [0.15, 0.2) is 36.4 Å². The Kier molecular flexibility index (Phi) is 5.68. The Labute approximate surface area is 156 Å². The molecule has 3 rings (SSSR count). The number of hydrogen-bond donors (Lipinski definition) is 1. The first-order valence-electron chi connectivity index (χ1n) is 8.36. The highest BCUT2D eigenvalue weighted by molar-refractivity contribution is 6.32. The maximum absolute atomic E-state index is 12.5. The second-order valence-electron chi connectivity index (χ2n) is 5.69. The van der Waals surface area contributed by atoms with Crippen molar-refractivity contribution in [1.82, 2.24) is 0 Å². The fraction of sp³-hybridized carbons (Fsp3) is 0.250. The lowest BCUT2D eigenvalue weighted by molar-refractivity contribution is 0.104. The van der Waals surface area contributed by atoms with Gasteiger partial charge in [-0.2, -0.15) is 0 Å². The number of fused-ring (bicyclic) bond motifs is 1. The molecule has 0 amide bonds. The first kappa shape index (κ1) is 18.1. The van der Waals surface area contributed by atoms with E-state index >= 15 is 0 Å². The van der Waals surface area contributed by atoms with Crippen molar-refractivity contribution < 1.29 is 24.1 Å². The van der Waals surface area contributed by atoms with Crippen LogP contribution in [0.1, 0.15) is 29.3 Å². The second-order valence-corrected chi connectivity index (χ2v) is 6.10. The van der Waals surface area contributed by atoms with Crippen LogP contribution in [0.5, 0.6) is 23.0 Å². The Hall–Kier alpha value is -2.66. The number of phenolic OH excluding ortho intramolecular Hbond substituents is 1. The predicted octanol–water partition coefficient (Wildman–Crippen LogP) is 4.50. The lowest BCUT2D eigenvalue weighted by Crippen LogP contribution is -1.98. The minimum absolute atomic E-state index is 0.111. The van der Waals surface area contributed by atoms with Crippen molar-refractivity contribution in [3.8, 4) is 23.0 Å². The lowest BCUT2D eigenvalue weighted by Gasteiger charge is -2.09. The average molecular weight is 375 g/mol. The maximum atomic E-state index is 12.5. The third-order valence-electron chi connectivity index (χ3n) is 3.81. The van der Waals surface area contributed by atoms with Crippen LogP contribution in [0, 0.1) is 0 Å². The number of phenols is 1. The van der Waals surface area contributed by atoms with E-state index in [2.05, 4.69) is 0 Å². The van der Waals surface area contributed by atoms with Gasteiger partial charge >= 0.3 is 0 Å². The van der Waals surface area contributed by atoms with Crippen molar-refractivity contribution in [3.63, 3.8) is 0 Å². The Morgan fingerprint density at radius 2 is 2.00 bits per heavy atom. The first-order chi connectivity index (χ1) is 12.6. The molecule has 0 radical (unpaired) electrons. The van der Waals surface area contributed by atoms with Gasteiger partial charge in [-0.15, -0.1) is 0 Å². The molecule has 2 aromatic rings. The van der Waals surface area contributed by atoms with Crippen LogP contribution in [-0.4, -0.2) is 30.7 Å². The van der Waals surface area contributed by atoms with Gasteiger partial charge in [0.15, 0.2) is 28.8 Å². The van der Waals surface area contributed by atoms with E-state index in [9.17, 15) is 9.90 Å². The highest BCUT2D eigenvalue weighted by Gasteiger charge is 2.13. The van der Waals surface area contributed by atoms with E-state index in [-0.39, 0.29) is 22.3 Å². The summed E-state index contributed by atoms with van der Waals surface area (Å²) in [4.78, 5) is 12.5. The molecule has 1 heterocycles. The third-order valence-corrected chi connectivity index (χ3v) is 4.10. The van der Waals surface area contributed by atoms with Gasteiger partial charge in [0.1, 0.15) is 0 Å². The smallest absolute Gasteiger partial charge is 0.185 e. The number of rotatable bonds is 5. The van der Waals surface area contributed by atoms with Crippen molar-refractivity contribution in [2.45, 2.75) is 13.3 Å².